The number of hydrogen-bond acceptors (Lipinski definition) is 7. The average Bonchev–Trinajstić information content (AvgIpc) is 2.60. The number of nitrogens with zero attached hydrogens (tertiary/aromatic N) is 4. The Bertz CT molecular complexity index is 737. The van der Waals surface area contributed by atoms with E-state index in [0.29, 0.717) is 31.1 Å². The maximum atomic E-state index is 13.8. The van der Waals surface area contributed by atoms with Gasteiger partial charge in [0.15, 0.2) is 11.6 Å². The number of benzene rings is 1. The third-order valence-corrected chi connectivity index (χ3v) is 4.14. The van der Waals surface area contributed by atoms with Crippen molar-refractivity contribution in [2.24, 2.45) is 0 Å². The van der Waals surface area contributed by atoms with E-state index in [1.165, 1.54) is 12.4 Å². The lowest BCUT2D eigenvalue weighted by Crippen LogP contribution is -2.47. The highest BCUT2D eigenvalue weighted by Crippen LogP contribution is 2.30. The minimum absolute atomic E-state index is 0.0884. The van der Waals surface area contributed by atoms with E-state index in [0.717, 1.165) is 25.2 Å². The monoisotopic (exact) mass is 350 g/mol. The fourth-order valence-electron chi connectivity index (χ4n) is 2.78. The highest BCUT2D eigenvalue weighted by molar-refractivity contribution is 5.78. The van der Waals surface area contributed by atoms with Crippen LogP contribution in [0, 0.1) is 11.6 Å². The Morgan fingerprint density at radius 3 is 2.60 bits per heavy atom. The van der Waals surface area contributed by atoms with Gasteiger partial charge in [0.25, 0.3) is 0 Å². The second-order valence-electron chi connectivity index (χ2n) is 5.76. The molecular weight excluding hydrogens is 330 g/mol. The highest BCUT2D eigenvalue weighted by Gasteiger charge is 2.21. The number of anilines is 4. The molecule has 0 bridgehead atoms. The third kappa shape index (κ3) is 3.94. The van der Waals surface area contributed by atoms with Crippen LogP contribution >= 0.6 is 0 Å². The summed E-state index contributed by atoms with van der Waals surface area (Å²) in [6, 6.07) is 3.24. The van der Waals surface area contributed by atoms with Gasteiger partial charge in [-0.05, 0) is 12.1 Å². The van der Waals surface area contributed by atoms with Crippen molar-refractivity contribution in [3.63, 3.8) is 0 Å². The predicted octanol–water partition coefficient (Wildman–Crippen LogP) is 1.19. The number of rotatable bonds is 5. The van der Waals surface area contributed by atoms with Crippen LogP contribution in [0.3, 0.4) is 0 Å². The smallest absolute Gasteiger partial charge is 0.159 e. The van der Waals surface area contributed by atoms with Gasteiger partial charge in [0.05, 0.1) is 12.3 Å². The van der Waals surface area contributed by atoms with Gasteiger partial charge in [-0.2, -0.15) is 0 Å². The van der Waals surface area contributed by atoms with Gasteiger partial charge in [0.2, 0.25) is 0 Å². The van der Waals surface area contributed by atoms with Gasteiger partial charge in [-0.25, -0.2) is 18.7 Å². The van der Waals surface area contributed by atoms with E-state index >= 15 is 0 Å². The molecule has 1 aliphatic rings. The topological polar surface area (TPSA) is 90.5 Å². The van der Waals surface area contributed by atoms with Gasteiger partial charge in [-0.15, -0.1) is 0 Å². The number of β-amino-alcohol motifs (C(OH)–C–C–N with tert-alkyl or cyclic N) is 1. The highest BCUT2D eigenvalue weighted by atomic mass is 19.1. The van der Waals surface area contributed by atoms with E-state index < -0.39 is 11.6 Å². The van der Waals surface area contributed by atoms with Crippen LogP contribution in [0.25, 0.3) is 0 Å². The molecule has 1 aliphatic heterocycles. The first-order valence-corrected chi connectivity index (χ1v) is 7.99. The minimum Gasteiger partial charge on any atom is -0.395 e. The summed E-state index contributed by atoms with van der Waals surface area (Å²) in [4.78, 5) is 12.5. The molecule has 0 amide bonds. The molecule has 0 saturated carbocycles. The zero-order chi connectivity index (χ0) is 17.8. The number of halogens is 2. The summed E-state index contributed by atoms with van der Waals surface area (Å²) in [5, 5.41) is 11.8. The molecule has 4 N–H and O–H groups in total. The first-order chi connectivity index (χ1) is 12.1. The van der Waals surface area contributed by atoms with Crippen LogP contribution in [-0.4, -0.2) is 59.3 Å². The normalized spacial score (nSPS) is 15.4. The molecule has 1 saturated heterocycles. The lowest BCUT2D eigenvalue weighted by Gasteiger charge is -2.35. The van der Waals surface area contributed by atoms with Gasteiger partial charge >= 0.3 is 0 Å². The Kier molecular flexibility index (Phi) is 5.25. The zero-order valence-corrected chi connectivity index (χ0v) is 13.6. The lowest BCUT2D eigenvalue weighted by atomic mass is 10.2. The van der Waals surface area contributed by atoms with E-state index in [9.17, 15) is 8.78 Å². The van der Waals surface area contributed by atoms with Crippen LogP contribution in [-0.2, 0) is 0 Å². The Morgan fingerprint density at radius 1 is 1.16 bits per heavy atom. The largest absolute Gasteiger partial charge is 0.395 e. The first kappa shape index (κ1) is 17.3. The van der Waals surface area contributed by atoms with E-state index in [-0.39, 0.29) is 18.1 Å². The van der Waals surface area contributed by atoms with E-state index in [1.807, 2.05) is 4.90 Å². The number of nitrogens with one attached hydrogen (secondary N) is 1. The van der Waals surface area contributed by atoms with Crippen LogP contribution in [0.15, 0.2) is 24.5 Å². The number of hydrogen-bond donors (Lipinski definition) is 3. The second kappa shape index (κ2) is 7.58. The summed E-state index contributed by atoms with van der Waals surface area (Å²) in [6.45, 7) is 3.78. The van der Waals surface area contributed by atoms with Crippen LogP contribution in [0.5, 0.6) is 0 Å². The number of aliphatic hydroxyl groups excluding tert-OH is 1. The molecule has 0 aliphatic carbocycles. The molecule has 0 unspecified atom stereocenters. The Hall–Kier alpha value is -2.52. The van der Waals surface area contributed by atoms with Crippen LogP contribution in [0.2, 0.25) is 0 Å². The van der Waals surface area contributed by atoms with Crippen molar-refractivity contribution >= 4 is 23.0 Å². The molecule has 2 heterocycles. The fourth-order valence-corrected chi connectivity index (χ4v) is 2.78. The van der Waals surface area contributed by atoms with Crippen molar-refractivity contribution in [2.45, 2.75) is 0 Å². The van der Waals surface area contributed by atoms with E-state index in [1.54, 1.807) is 0 Å². The van der Waals surface area contributed by atoms with Gasteiger partial charge in [-0.1, -0.05) is 0 Å². The summed E-state index contributed by atoms with van der Waals surface area (Å²) in [5.74, 6) is -0.533. The molecule has 1 fully saturated rings. The zero-order valence-electron chi connectivity index (χ0n) is 13.6. The van der Waals surface area contributed by atoms with Crippen LogP contribution in [0.4, 0.5) is 31.8 Å². The number of aromatic nitrogens is 2. The van der Waals surface area contributed by atoms with Crippen molar-refractivity contribution < 1.29 is 13.9 Å². The predicted molar refractivity (Wildman–Crippen MR) is 91.8 cm³/mol. The molecule has 7 nitrogen and oxygen atoms in total. The molecule has 134 valence electrons. The maximum absolute atomic E-state index is 13.8. The molecule has 1 aromatic heterocycles. The van der Waals surface area contributed by atoms with Crippen molar-refractivity contribution in [1.29, 1.82) is 0 Å². The van der Waals surface area contributed by atoms with Gasteiger partial charge in [0.1, 0.15) is 23.6 Å². The summed E-state index contributed by atoms with van der Waals surface area (Å²) in [7, 11) is 0. The van der Waals surface area contributed by atoms with Gasteiger partial charge in [0, 0.05) is 38.8 Å². The number of aliphatic hydroxyl groups is 1. The van der Waals surface area contributed by atoms with Crippen LogP contribution < -0.4 is 16.0 Å². The lowest BCUT2D eigenvalue weighted by molar-refractivity contribution is 0.188. The first-order valence-electron chi connectivity index (χ1n) is 7.99. The Balaban J connectivity index is 1.76. The summed E-state index contributed by atoms with van der Waals surface area (Å²) in [5.41, 5.74) is 6.55. The van der Waals surface area contributed by atoms with Crippen LogP contribution in [0.1, 0.15) is 0 Å². The maximum Gasteiger partial charge on any atom is 0.159 e. The molecule has 0 radical (unpaired) electrons. The Morgan fingerprint density at radius 2 is 1.92 bits per heavy atom. The molecule has 3 rings (SSSR count). The number of piperazine rings is 1. The number of nitrogens with two attached hydrogens (primary N) is 1. The van der Waals surface area contributed by atoms with Crippen molar-refractivity contribution in [3.05, 3.63) is 36.2 Å². The Labute approximate surface area is 144 Å². The molecule has 0 spiro atoms. The van der Waals surface area contributed by atoms with E-state index in [4.69, 9.17) is 10.8 Å². The standard InChI is InChI=1S/C16H20F2N6O/c17-11-1-2-13(12(18)9-11)22-15-14(19)16(21-10-20-15)24-5-3-23(4-6-24)7-8-25/h1-2,9-10,25H,3-8,19H2,(H,20,21,22). The molecule has 0 atom stereocenters. The van der Waals surface area contributed by atoms with Gasteiger partial charge < -0.3 is 21.1 Å². The average molecular weight is 350 g/mol. The summed E-state index contributed by atoms with van der Waals surface area (Å²) < 4.78 is 26.8. The molecule has 2 aromatic rings. The minimum atomic E-state index is -0.725. The SMILES string of the molecule is Nc1c(Nc2ccc(F)cc2F)ncnc1N1CCN(CCO)CC1. The van der Waals surface area contributed by atoms with Crippen molar-refractivity contribution in [1.82, 2.24) is 14.9 Å². The van der Waals surface area contributed by atoms with Crippen molar-refractivity contribution in [2.75, 3.05) is 55.3 Å². The van der Waals surface area contributed by atoms with E-state index in [2.05, 4.69) is 20.2 Å². The van der Waals surface area contributed by atoms with Crippen molar-refractivity contribution in [3.8, 4) is 0 Å². The summed E-state index contributed by atoms with van der Waals surface area (Å²) >= 11 is 0. The third-order valence-electron chi connectivity index (χ3n) is 4.14. The second-order valence-corrected chi connectivity index (χ2v) is 5.76. The molecular formula is C16H20F2N6O. The number of nitrogen functional groups attached to an aromatic ring is 1. The molecule has 9 heteroatoms. The summed E-state index contributed by atoms with van der Waals surface area (Å²) in [6.07, 6.45) is 1.36. The molecule has 1 aromatic carbocycles. The quantitative estimate of drug-likeness (QED) is 0.746. The van der Waals surface area contributed by atoms with Gasteiger partial charge in [-0.3, -0.25) is 4.90 Å². The fraction of sp³-hybridized carbons (Fsp3) is 0.375. The molecule has 25 heavy (non-hydrogen) atoms.